The van der Waals surface area contributed by atoms with Crippen LogP contribution in [0.4, 0.5) is 5.69 Å². The highest BCUT2D eigenvalue weighted by atomic mass is 35.5. The number of benzene rings is 1. The smallest absolute Gasteiger partial charge is 0.0599 e. The van der Waals surface area contributed by atoms with Crippen molar-refractivity contribution in [3.8, 4) is 0 Å². The molecular formula is C15H23ClN2O. The molecule has 19 heavy (non-hydrogen) atoms. The third kappa shape index (κ3) is 3.62. The second kappa shape index (κ2) is 6.60. The molecule has 3 nitrogen and oxygen atoms in total. The Morgan fingerprint density at radius 1 is 1.47 bits per heavy atom. The van der Waals surface area contributed by atoms with Gasteiger partial charge >= 0.3 is 0 Å². The van der Waals surface area contributed by atoms with Gasteiger partial charge in [-0.05, 0) is 36.6 Å². The topological polar surface area (TPSA) is 35.5 Å². The molecule has 0 spiro atoms. The lowest BCUT2D eigenvalue weighted by molar-refractivity contribution is 0.0970. The summed E-state index contributed by atoms with van der Waals surface area (Å²) in [5, 5.41) is 14.0. The summed E-state index contributed by atoms with van der Waals surface area (Å²) in [4.78, 5) is 2.34. The Bertz CT molecular complexity index is 425. The monoisotopic (exact) mass is 282 g/mol. The van der Waals surface area contributed by atoms with Crippen LogP contribution in [0.5, 0.6) is 0 Å². The van der Waals surface area contributed by atoms with Gasteiger partial charge in [0.2, 0.25) is 0 Å². The lowest BCUT2D eigenvalue weighted by Crippen LogP contribution is -2.42. The van der Waals surface area contributed by atoms with Crippen molar-refractivity contribution in [2.75, 3.05) is 24.5 Å². The lowest BCUT2D eigenvalue weighted by Gasteiger charge is -2.37. The number of piperidine rings is 1. The first-order valence-electron chi connectivity index (χ1n) is 7.04. The van der Waals surface area contributed by atoms with Crippen molar-refractivity contribution in [1.82, 2.24) is 5.32 Å². The van der Waals surface area contributed by atoms with E-state index in [9.17, 15) is 5.11 Å². The van der Waals surface area contributed by atoms with Gasteiger partial charge in [-0.15, -0.1) is 0 Å². The molecule has 2 rings (SSSR count). The van der Waals surface area contributed by atoms with Crippen LogP contribution in [0.2, 0.25) is 5.02 Å². The Kier molecular flexibility index (Phi) is 5.08. The second-order valence-corrected chi connectivity index (χ2v) is 5.77. The molecule has 2 atom stereocenters. The molecule has 0 saturated carbocycles. The molecule has 0 bridgehead atoms. The van der Waals surface area contributed by atoms with Crippen LogP contribution in [0.3, 0.4) is 0 Å². The van der Waals surface area contributed by atoms with Gasteiger partial charge in [0, 0.05) is 30.3 Å². The van der Waals surface area contributed by atoms with Gasteiger partial charge in [0.1, 0.15) is 0 Å². The van der Waals surface area contributed by atoms with E-state index in [2.05, 4.69) is 30.1 Å². The first-order chi connectivity index (χ1) is 9.11. The number of rotatable bonds is 4. The molecule has 1 aliphatic rings. The number of aliphatic hydroxyl groups excluding tert-OH is 1. The molecule has 1 aromatic rings. The molecule has 1 fully saturated rings. The number of halogens is 1. The van der Waals surface area contributed by atoms with E-state index in [4.69, 9.17) is 11.6 Å². The molecule has 1 heterocycles. The maximum Gasteiger partial charge on any atom is 0.0599 e. The van der Waals surface area contributed by atoms with Crippen LogP contribution in [0.25, 0.3) is 0 Å². The van der Waals surface area contributed by atoms with Crippen LogP contribution in [0.1, 0.15) is 25.8 Å². The quantitative estimate of drug-likeness (QED) is 0.891. The third-order valence-corrected chi connectivity index (χ3v) is 4.05. The summed E-state index contributed by atoms with van der Waals surface area (Å²) in [6.45, 7) is 7.81. The molecule has 1 saturated heterocycles. The molecule has 2 unspecified atom stereocenters. The van der Waals surface area contributed by atoms with Crippen molar-refractivity contribution in [2.24, 2.45) is 5.92 Å². The van der Waals surface area contributed by atoms with E-state index in [0.29, 0.717) is 5.92 Å². The fourth-order valence-electron chi connectivity index (χ4n) is 2.59. The first-order valence-corrected chi connectivity index (χ1v) is 7.41. The molecule has 4 heteroatoms. The summed E-state index contributed by atoms with van der Waals surface area (Å²) in [6.07, 6.45) is 0.654. The van der Waals surface area contributed by atoms with Crippen LogP contribution < -0.4 is 10.2 Å². The molecule has 106 valence electrons. The van der Waals surface area contributed by atoms with Gasteiger partial charge in [-0.1, -0.05) is 31.5 Å². The summed E-state index contributed by atoms with van der Waals surface area (Å²) in [7, 11) is 0. The van der Waals surface area contributed by atoms with Crippen molar-refractivity contribution < 1.29 is 5.11 Å². The molecule has 1 aliphatic heterocycles. The Morgan fingerprint density at radius 3 is 2.95 bits per heavy atom. The van der Waals surface area contributed by atoms with Gasteiger partial charge in [0.15, 0.2) is 0 Å². The maximum absolute atomic E-state index is 9.84. The van der Waals surface area contributed by atoms with Crippen molar-refractivity contribution in [1.29, 1.82) is 0 Å². The van der Waals surface area contributed by atoms with Gasteiger partial charge in [0.05, 0.1) is 6.10 Å². The van der Waals surface area contributed by atoms with Gasteiger partial charge < -0.3 is 15.3 Å². The van der Waals surface area contributed by atoms with Crippen LogP contribution in [0.15, 0.2) is 18.2 Å². The van der Waals surface area contributed by atoms with Gasteiger partial charge in [-0.25, -0.2) is 0 Å². The van der Waals surface area contributed by atoms with E-state index in [1.54, 1.807) is 0 Å². The van der Waals surface area contributed by atoms with Gasteiger partial charge in [-0.3, -0.25) is 0 Å². The third-order valence-electron chi connectivity index (χ3n) is 3.81. The van der Waals surface area contributed by atoms with E-state index in [0.717, 1.165) is 37.6 Å². The number of aliphatic hydroxyl groups is 1. The summed E-state index contributed by atoms with van der Waals surface area (Å²) in [5.41, 5.74) is 2.47. The van der Waals surface area contributed by atoms with Crippen molar-refractivity contribution in [2.45, 2.75) is 32.9 Å². The number of nitrogens with zero attached hydrogens (tertiary/aromatic N) is 1. The predicted octanol–water partition coefficient (Wildman–Crippen LogP) is 2.66. The normalized spacial score (nSPS) is 23.7. The van der Waals surface area contributed by atoms with Gasteiger partial charge in [-0.2, -0.15) is 0 Å². The molecule has 0 aliphatic carbocycles. The zero-order valence-corrected chi connectivity index (χ0v) is 12.5. The average molecular weight is 283 g/mol. The van der Waals surface area contributed by atoms with Gasteiger partial charge in [0.25, 0.3) is 0 Å². The minimum Gasteiger partial charge on any atom is -0.393 e. The molecule has 0 radical (unpaired) electrons. The Labute approximate surface area is 120 Å². The highest BCUT2D eigenvalue weighted by molar-refractivity contribution is 6.30. The standard InChI is InChI=1S/C15H23ClN2O/c1-3-17-9-12-4-5-13(16)8-14(12)18-7-6-15(19)11(2)10-18/h4-5,8,11,15,17,19H,3,6-7,9-10H2,1-2H3. The van der Waals surface area contributed by atoms with E-state index in [-0.39, 0.29) is 6.10 Å². The summed E-state index contributed by atoms with van der Waals surface area (Å²) in [6, 6.07) is 6.08. The fourth-order valence-corrected chi connectivity index (χ4v) is 2.76. The van der Waals surface area contributed by atoms with E-state index in [1.165, 1.54) is 11.3 Å². The summed E-state index contributed by atoms with van der Waals surface area (Å²) >= 11 is 6.14. The van der Waals surface area contributed by atoms with Crippen LogP contribution >= 0.6 is 11.6 Å². The Balaban J connectivity index is 2.19. The van der Waals surface area contributed by atoms with Crippen molar-refractivity contribution in [3.05, 3.63) is 28.8 Å². The van der Waals surface area contributed by atoms with E-state index in [1.807, 2.05) is 12.1 Å². The van der Waals surface area contributed by atoms with Crippen molar-refractivity contribution >= 4 is 17.3 Å². The number of hydrogen-bond donors (Lipinski definition) is 2. The van der Waals surface area contributed by atoms with Crippen LogP contribution in [-0.4, -0.2) is 30.8 Å². The first kappa shape index (κ1) is 14.6. The molecule has 0 aromatic heterocycles. The highest BCUT2D eigenvalue weighted by Crippen LogP contribution is 2.29. The zero-order chi connectivity index (χ0) is 13.8. The second-order valence-electron chi connectivity index (χ2n) is 5.33. The average Bonchev–Trinajstić information content (AvgIpc) is 2.40. The molecule has 1 aromatic carbocycles. The molecule has 2 N–H and O–H groups in total. The van der Waals surface area contributed by atoms with Crippen LogP contribution in [-0.2, 0) is 6.54 Å². The number of anilines is 1. The fraction of sp³-hybridized carbons (Fsp3) is 0.600. The minimum absolute atomic E-state index is 0.173. The van der Waals surface area contributed by atoms with E-state index >= 15 is 0 Å². The molecule has 0 amide bonds. The lowest BCUT2D eigenvalue weighted by atomic mass is 9.95. The number of hydrogen-bond acceptors (Lipinski definition) is 3. The SMILES string of the molecule is CCNCc1ccc(Cl)cc1N1CCC(O)C(C)C1. The Morgan fingerprint density at radius 2 is 2.26 bits per heavy atom. The maximum atomic E-state index is 9.84. The largest absolute Gasteiger partial charge is 0.393 e. The van der Waals surface area contributed by atoms with E-state index < -0.39 is 0 Å². The zero-order valence-electron chi connectivity index (χ0n) is 11.7. The predicted molar refractivity (Wildman–Crippen MR) is 80.8 cm³/mol. The minimum atomic E-state index is -0.173. The summed E-state index contributed by atoms with van der Waals surface area (Å²) < 4.78 is 0. The molecular weight excluding hydrogens is 260 g/mol. The highest BCUT2D eigenvalue weighted by Gasteiger charge is 2.25. The number of nitrogens with one attached hydrogen (secondary N) is 1. The summed E-state index contributed by atoms with van der Waals surface area (Å²) in [5.74, 6) is 0.305. The Hall–Kier alpha value is -0.770. The van der Waals surface area contributed by atoms with Crippen molar-refractivity contribution in [3.63, 3.8) is 0 Å². The van der Waals surface area contributed by atoms with Crippen LogP contribution in [0, 0.1) is 5.92 Å².